The molecule has 0 aliphatic rings. The molecule has 0 aromatic carbocycles. The number of rotatable bonds is 2. The van der Waals surface area contributed by atoms with Crippen molar-refractivity contribution >= 4 is 37.8 Å². The van der Waals surface area contributed by atoms with Gasteiger partial charge in [-0.15, -0.1) is 0 Å². The molecule has 0 radical (unpaired) electrons. The normalized spacial score (nSPS) is 10.3. The number of esters is 1. The third kappa shape index (κ3) is 2.68. The lowest BCUT2D eigenvalue weighted by Gasteiger charge is -2.02. The van der Waals surface area contributed by atoms with Crippen molar-refractivity contribution in [3.05, 3.63) is 33.9 Å². The minimum absolute atomic E-state index is 0.112. The van der Waals surface area contributed by atoms with Crippen molar-refractivity contribution in [3.8, 4) is 0 Å². The molecule has 0 unspecified atom stereocenters. The zero-order valence-corrected chi connectivity index (χ0v) is 10.3. The lowest BCUT2D eigenvalue weighted by Crippen LogP contribution is -2.08. The number of carbonyl (C=O) groups excluding carboxylic acids is 1. The number of methoxy groups -OCH3 is 1. The van der Waals surface area contributed by atoms with E-state index in [9.17, 15) is 9.59 Å². The predicted molar refractivity (Wildman–Crippen MR) is 56.9 cm³/mol. The maximum Gasteiger partial charge on any atom is 0.374 e. The Morgan fingerprint density at radius 2 is 2.14 bits per heavy atom. The van der Waals surface area contributed by atoms with E-state index in [0.29, 0.717) is 5.56 Å². The molecule has 1 rings (SSSR count). The zero-order chi connectivity index (χ0) is 10.7. The van der Waals surface area contributed by atoms with E-state index in [1.165, 1.54) is 19.2 Å². The molecule has 0 amide bonds. The number of ether oxygens (including phenoxy) is 1. The van der Waals surface area contributed by atoms with Crippen LogP contribution in [0.15, 0.2) is 21.3 Å². The van der Waals surface area contributed by atoms with E-state index < -0.39 is 11.6 Å². The van der Waals surface area contributed by atoms with Gasteiger partial charge in [0.15, 0.2) is 0 Å². The average molecular weight is 326 g/mol. The smallest absolute Gasteiger partial charge is 0.374 e. The molecule has 0 N–H and O–H groups in total. The summed E-state index contributed by atoms with van der Waals surface area (Å²) < 4.78 is 8.87. The van der Waals surface area contributed by atoms with Crippen LogP contribution in [-0.4, -0.2) is 13.1 Å². The monoisotopic (exact) mass is 324 g/mol. The molecule has 0 saturated carbocycles. The average Bonchev–Trinajstić information content (AvgIpc) is 2.15. The lowest BCUT2D eigenvalue weighted by atomic mass is 10.3. The van der Waals surface area contributed by atoms with Crippen LogP contribution in [0, 0.1) is 0 Å². The molecule has 6 heteroatoms. The standard InChI is InChI=1S/C8H6Br2O4/c1-13-8(12)5-2-4(7(9)10)3-6(11)14-5/h2-3,7H,1H3. The Labute approximate surface area is 96.5 Å². The lowest BCUT2D eigenvalue weighted by molar-refractivity contribution is 0.0559. The highest BCUT2D eigenvalue weighted by Crippen LogP contribution is 2.28. The molecule has 1 heterocycles. The van der Waals surface area contributed by atoms with Crippen molar-refractivity contribution in [3.63, 3.8) is 0 Å². The molecule has 14 heavy (non-hydrogen) atoms. The number of carbonyl (C=O) groups is 1. The highest BCUT2D eigenvalue weighted by molar-refractivity contribution is 9.24. The van der Waals surface area contributed by atoms with E-state index in [0.717, 1.165) is 0 Å². The van der Waals surface area contributed by atoms with Gasteiger partial charge in [0.25, 0.3) is 0 Å². The number of hydrogen-bond donors (Lipinski definition) is 0. The quantitative estimate of drug-likeness (QED) is 0.618. The van der Waals surface area contributed by atoms with E-state index in [4.69, 9.17) is 0 Å². The summed E-state index contributed by atoms with van der Waals surface area (Å²) in [7, 11) is 1.22. The summed E-state index contributed by atoms with van der Waals surface area (Å²) >= 11 is 6.41. The SMILES string of the molecule is COC(=O)c1cc(C(Br)Br)cc(=O)o1. The first-order valence-electron chi connectivity index (χ1n) is 3.56. The Kier molecular flexibility index (Phi) is 3.88. The molecular weight excluding hydrogens is 320 g/mol. The summed E-state index contributed by atoms with van der Waals surface area (Å²) in [5, 5.41) is 0. The first-order chi connectivity index (χ1) is 6.54. The fourth-order valence-corrected chi connectivity index (χ4v) is 1.35. The first-order valence-corrected chi connectivity index (χ1v) is 5.39. The van der Waals surface area contributed by atoms with Gasteiger partial charge < -0.3 is 9.15 Å². The van der Waals surface area contributed by atoms with Gasteiger partial charge in [-0.2, -0.15) is 0 Å². The summed E-state index contributed by atoms with van der Waals surface area (Å²) in [6.07, 6.45) is 0. The van der Waals surface area contributed by atoms with Gasteiger partial charge >= 0.3 is 11.6 Å². The van der Waals surface area contributed by atoms with Gasteiger partial charge in [-0.3, -0.25) is 0 Å². The third-order valence-corrected chi connectivity index (χ3v) is 2.49. The first kappa shape index (κ1) is 11.5. The van der Waals surface area contributed by atoms with Crippen LogP contribution >= 0.6 is 31.9 Å². The Balaban J connectivity index is 3.20. The molecule has 1 aromatic heterocycles. The van der Waals surface area contributed by atoms with Crippen molar-refractivity contribution in [1.29, 1.82) is 0 Å². The molecule has 4 nitrogen and oxygen atoms in total. The Hall–Kier alpha value is -0.620. The van der Waals surface area contributed by atoms with Crippen LogP contribution in [0.4, 0.5) is 0 Å². The minimum atomic E-state index is -0.676. The maximum absolute atomic E-state index is 11.1. The second-order valence-electron chi connectivity index (χ2n) is 2.37. The molecule has 0 aliphatic heterocycles. The Morgan fingerprint density at radius 3 is 2.64 bits per heavy atom. The van der Waals surface area contributed by atoms with Gasteiger partial charge in [0.05, 0.1) is 10.8 Å². The van der Waals surface area contributed by atoms with Crippen LogP contribution in [-0.2, 0) is 4.74 Å². The third-order valence-electron chi connectivity index (χ3n) is 1.43. The van der Waals surface area contributed by atoms with Crippen molar-refractivity contribution in [2.24, 2.45) is 0 Å². The van der Waals surface area contributed by atoms with Gasteiger partial charge in [0.1, 0.15) is 0 Å². The highest BCUT2D eigenvalue weighted by Gasteiger charge is 2.13. The topological polar surface area (TPSA) is 56.5 Å². The van der Waals surface area contributed by atoms with Crippen molar-refractivity contribution in [2.75, 3.05) is 7.11 Å². The molecule has 0 atom stereocenters. The largest absolute Gasteiger partial charge is 0.463 e. The van der Waals surface area contributed by atoms with E-state index in [2.05, 4.69) is 41.0 Å². The van der Waals surface area contributed by atoms with Gasteiger partial charge in [-0.25, -0.2) is 9.59 Å². The molecule has 0 fully saturated rings. The molecule has 0 bridgehead atoms. The summed E-state index contributed by atoms with van der Waals surface area (Å²) in [5.74, 6) is -0.788. The van der Waals surface area contributed by atoms with Crippen LogP contribution in [0.25, 0.3) is 0 Å². The fourth-order valence-electron chi connectivity index (χ4n) is 0.824. The van der Waals surface area contributed by atoms with Crippen LogP contribution in [0.2, 0.25) is 0 Å². The molecule has 1 aromatic rings. The van der Waals surface area contributed by atoms with Crippen molar-refractivity contribution < 1.29 is 13.9 Å². The van der Waals surface area contributed by atoms with E-state index in [1.54, 1.807) is 0 Å². The molecule has 0 saturated heterocycles. The highest BCUT2D eigenvalue weighted by atomic mass is 79.9. The van der Waals surface area contributed by atoms with Crippen molar-refractivity contribution in [1.82, 2.24) is 0 Å². The Morgan fingerprint density at radius 1 is 1.50 bits per heavy atom. The predicted octanol–water partition coefficient (Wildman–Crippen LogP) is 2.21. The summed E-state index contributed by atoms with van der Waals surface area (Å²) in [5.41, 5.74) is 0.00782. The molecule has 0 aliphatic carbocycles. The van der Waals surface area contributed by atoms with Crippen LogP contribution in [0.5, 0.6) is 0 Å². The van der Waals surface area contributed by atoms with E-state index in [1.807, 2.05) is 0 Å². The van der Waals surface area contributed by atoms with E-state index in [-0.39, 0.29) is 9.50 Å². The summed E-state index contributed by atoms with van der Waals surface area (Å²) in [6.45, 7) is 0. The van der Waals surface area contributed by atoms with Gasteiger partial charge in [0, 0.05) is 6.07 Å². The second kappa shape index (κ2) is 4.75. The molecule has 76 valence electrons. The van der Waals surface area contributed by atoms with Crippen molar-refractivity contribution in [2.45, 2.75) is 3.74 Å². The zero-order valence-electron chi connectivity index (χ0n) is 7.12. The van der Waals surface area contributed by atoms with Crippen LogP contribution in [0.1, 0.15) is 19.9 Å². The second-order valence-corrected chi connectivity index (χ2v) is 5.43. The summed E-state index contributed by atoms with van der Waals surface area (Å²) in [4.78, 5) is 22.1. The summed E-state index contributed by atoms with van der Waals surface area (Å²) in [6, 6.07) is 2.71. The van der Waals surface area contributed by atoms with Gasteiger partial charge in [0.2, 0.25) is 5.76 Å². The number of halogens is 2. The van der Waals surface area contributed by atoms with Gasteiger partial charge in [-0.05, 0) is 11.6 Å². The van der Waals surface area contributed by atoms with Gasteiger partial charge in [-0.1, -0.05) is 31.9 Å². The van der Waals surface area contributed by atoms with Crippen LogP contribution in [0.3, 0.4) is 0 Å². The number of hydrogen-bond acceptors (Lipinski definition) is 4. The van der Waals surface area contributed by atoms with E-state index >= 15 is 0 Å². The Bertz CT molecular complexity index is 397. The fraction of sp³-hybridized carbons (Fsp3) is 0.250. The van der Waals surface area contributed by atoms with Crippen LogP contribution < -0.4 is 5.63 Å². The maximum atomic E-state index is 11.1. The number of alkyl halides is 2. The minimum Gasteiger partial charge on any atom is -0.463 e. The molecular formula is C8H6Br2O4. The molecule has 0 spiro atoms.